The fourth-order valence-corrected chi connectivity index (χ4v) is 2.26. The number of nitrogens with zero attached hydrogens (tertiary/aromatic N) is 2. The monoisotopic (exact) mass is 412 g/mol. The number of ether oxygens (including phenoxy) is 3. The molecule has 27 heavy (non-hydrogen) atoms. The molecule has 0 fully saturated rings. The molecule has 0 saturated carbocycles. The van der Waals surface area contributed by atoms with Crippen molar-refractivity contribution in [3.63, 3.8) is 0 Å². The Labute approximate surface area is 169 Å². The molecule has 0 aliphatic rings. The summed E-state index contributed by atoms with van der Waals surface area (Å²) in [6.07, 6.45) is 3.65. The van der Waals surface area contributed by atoms with E-state index in [1.807, 2.05) is 0 Å². The molecule has 1 unspecified atom stereocenters. The Bertz CT molecular complexity index is 726. The summed E-state index contributed by atoms with van der Waals surface area (Å²) >= 11 is 11.8. The van der Waals surface area contributed by atoms with Crippen LogP contribution in [0, 0.1) is 0 Å². The predicted molar refractivity (Wildman–Crippen MR) is 106 cm³/mol. The molecule has 0 bridgehead atoms. The summed E-state index contributed by atoms with van der Waals surface area (Å²) in [7, 11) is 3.10. The van der Waals surface area contributed by atoms with Gasteiger partial charge in [0.05, 0.1) is 14.2 Å². The highest BCUT2D eigenvalue weighted by Crippen LogP contribution is 2.29. The molecule has 0 spiro atoms. The third kappa shape index (κ3) is 8.41. The molecule has 1 atom stereocenters. The number of methoxy groups -OCH3 is 2. The Kier molecular flexibility index (Phi) is 10.4. The molecule has 1 aromatic heterocycles. The molecule has 6 nitrogen and oxygen atoms in total. The van der Waals surface area contributed by atoms with Crippen LogP contribution in [0.5, 0.6) is 0 Å². The van der Waals surface area contributed by atoms with E-state index in [-0.39, 0.29) is 0 Å². The molecule has 0 amide bonds. The zero-order valence-corrected chi connectivity index (χ0v) is 16.7. The molecule has 1 heterocycles. The molecule has 2 aromatic rings. The van der Waals surface area contributed by atoms with Gasteiger partial charge in [-0.25, -0.2) is 9.97 Å². The largest absolute Gasteiger partial charge is 0.499 e. The summed E-state index contributed by atoms with van der Waals surface area (Å²) in [5, 5.41) is 11.0. The highest BCUT2D eigenvalue weighted by atomic mass is 35.5. The lowest BCUT2D eigenvalue weighted by Gasteiger charge is -2.12. The molecule has 2 rings (SSSR count). The van der Waals surface area contributed by atoms with Crippen LogP contribution in [-0.2, 0) is 14.2 Å². The van der Waals surface area contributed by atoms with E-state index in [9.17, 15) is 5.11 Å². The lowest BCUT2D eigenvalue weighted by molar-refractivity contribution is 0.102. The van der Waals surface area contributed by atoms with Gasteiger partial charge in [-0.1, -0.05) is 42.4 Å². The summed E-state index contributed by atoms with van der Waals surface area (Å²) in [5.74, 6) is 1.18. The van der Waals surface area contributed by atoms with Crippen LogP contribution in [0.4, 0.5) is 0 Å². The Morgan fingerprint density at radius 1 is 1.07 bits per heavy atom. The lowest BCUT2D eigenvalue weighted by atomic mass is 10.0. The highest BCUT2D eigenvalue weighted by Gasteiger charge is 2.14. The maximum absolute atomic E-state index is 10.1. The Morgan fingerprint density at radius 2 is 1.63 bits per heavy atom. The van der Waals surface area contributed by atoms with Crippen molar-refractivity contribution in [1.29, 1.82) is 0 Å². The van der Waals surface area contributed by atoms with Gasteiger partial charge in [0.25, 0.3) is 0 Å². The number of benzene rings is 1. The van der Waals surface area contributed by atoms with Gasteiger partial charge in [0.15, 0.2) is 0 Å². The first-order chi connectivity index (χ1) is 12.9. The van der Waals surface area contributed by atoms with Crippen LogP contribution in [-0.4, -0.2) is 42.5 Å². The summed E-state index contributed by atoms with van der Waals surface area (Å²) in [5.41, 5.74) is 1.17. The number of hydrogen-bond acceptors (Lipinski definition) is 6. The first-order valence-corrected chi connectivity index (χ1v) is 8.53. The average Bonchev–Trinajstić information content (AvgIpc) is 2.68. The molecular formula is C19H22Cl2N2O4. The molecule has 1 aromatic carbocycles. The smallest absolute Gasteiger partial charge is 0.115 e. The second-order valence-corrected chi connectivity index (χ2v) is 6.06. The maximum Gasteiger partial charge on any atom is 0.115 e. The second kappa shape index (κ2) is 12.3. The van der Waals surface area contributed by atoms with Crippen molar-refractivity contribution in [3.05, 3.63) is 82.8 Å². The molecule has 1 N–H and O–H groups in total. The van der Waals surface area contributed by atoms with Crippen molar-refractivity contribution >= 4 is 23.2 Å². The van der Waals surface area contributed by atoms with Gasteiger partial charge in [0, 0.05) is 33.6 Å². The third-order valence-corrected chi connectivity index (χ3v) is 3.82. The number of aromatic nitrogens is 2. The first kappa shape index (κ1) is 22.9. The van der Waals surface area contributed by atoms with Crippen molar-refractivity contribution in [2.75, 3.05) is 27.4 Å². The zero-order chi connectivity index (χ0) is 20.2. The van der Waals surface area contributed by atoms with Crippen LogP contribution in [0.1, 0.15) is 17.2 Å². The highest BCUT2D eigenvalue weighted by molar-refractivity contribution is 6.35. The maximum atomic E-state index is 10.1. The summed E-state index contributed by atoms with van der Waals surface area (Å²) in [6, 6.07) is 4.95. The van der Waals surface area contributed by atoms with Crippen LogP contribution in [0.2, 0.25) is 10.0 Å². The van der Waals surface area contributed by atoms with E-state index >= 15 is 0 Å². The Morgan fingerprint density at radius 3 is 2.11 bits per heavy atom. The van der Waals surface area contributed by atoms with E-state index < -0.39 is 6.10 Å². The zero-order valence-electron chi connectivity index (χ0n) is 15.2. The van der Waals surface area contributed by atoms with Crippen LogP contribution in [0.15, 0.2) is 61.6 Å². The second-order valence-electron chi connectivity index (χ2n) is 5.22. The molecular weight excluding hydrogens is 391 g/mol. The Balaban J connectivity index is 0.000000293. The summed E-state index contributed by atoms with van der Waals surface area (Å²) < 4.78 is 14.6. The minimum atomic E-state index is -0.842. The molecule has 0 aliphatic heterocycles. The van der Waals surface area contributed by atoms with Crippen molar-refractivity contribution in [2.45, 2.75) is 6.10 Å². The number of aliphatic hydroxyl groups is 1. The van der Waals surface area contributed by atoms with Crippen molar-refractivity contribution < 1.29 is 19.3 Å². The minimum Gasteiger partial charge on any atom is -0.499 e. The van der Waals surface area contributed by atoms with Gasteiger partial charge < -0.3 is 19.3 Å². The van der Waals surface area contributed by atoms with Gasteiger partial charge in [-0.05, 0) is 12.1 Å². The van der Waals surface area contributed by atoms with Gasteiger partial charge in [-0.3, -0.25) is 0 Å². The number of hydrogen-bond donors (Lipinski definition) is 1. The van der Waals surface area contributed by atoms with Gasteiger partial charge in [0.1, 0.15) is 37.2 Å². The first-order valence-electron chi connectivity index (χ1n) is 7.78. The van der Waals surface area contributed by atoms with E-state index in [4.69, 9.17) is 37.4 Å². The van der Waals surface area contributed by atoms with E-state index in [0.717, 1.165) is 0 Å². The fraction of sp³-hybridized carbons (Fsp3) is 0.263. The number of halogens is 2. The molecule has 0 saturated heterocycles. The van der Waals surface area contributed by atoms with E-state index in [2.05, 4.69) is 23.1 Å². The van der Waals surface area contributed by atoms with E-state index in [0.29, 0.717) is 45.9 Å². The van der Waals surface area contributed by atoms with Crippen molar-refractivity contribution in [2.24, 2.45) is 0 Å². The van der Waals surface area contributed by atoms with Gasteiger partial charge in [-0.2, -0.15) is 0 Å². The van der Waals surface area contributed by atoms with Crippen LogP contribution in [0.25, 0.3) is 0 Å². The normalized spacial score (nSPS) is 11.0. The SMILES string of the molecule is C=C(COCC(=C)OC)OC.OC(c1cncnc1)c1ccc(Cl)cc1Cl. The fourth-order valence-electron chi connectivity index (χ4n) is 1.75. The summed E-state index contributed by atoms with van der Waals surface area (Å²) in [6.45, 7) is 7.90. The van der Waals surface area contributed by atoms with Gasteiger partial charge in [-0.15, -0.1) is 0 Å². The standard InChI is InChI=1S/C11H8Cl2N2O.C8H14O3/c12-8-1-2-9(10(13)3-8)11(16)7-4-14-6-15-5-7;1-7(9-3)5-11-6-8(2)10-4/h1-6,11,16H;1-2,5-6H2,3-4H3. The predicted octanol–water partition coefficient (Wildman–Crippen LogP) is 4.19. The molecule has 0 radical (unpaired) electrons. The summed E-state index contributed by atoms with van der Waals surface area (Å²) in [4.78, 5) is 7.68. The number of aliphatic hydroxyl groups excluding tert-OH is 1. The van der Waals surface area contributed by atoms with Crippen LogP contribution >= 0.6 is 23.2 Å². The minimum absolute atomic E-state index is 0.374. The van der Waals surface area contributed by atoms with Crippen molar-refractivity contribution in [3.8, 4) is 0 Å². The van der Waals surface area contributed by atoms with Crippen molar-refractivity contribution in [1.82, 2.24) is 9.97 Å². The quantitative estimate of drug-likeness (QED) is 0.655. The van der Waals surface area contributed by atoms with E-state index in [1.54, 1.807) is 44.8 Å². The van der Waals surface area contributed by atoms with E-state index in [1.165, 1.54) is 6.33 Å². The number of rotatable bonds is 8. The van der Waals surface area contributed by atoms with Gasteiger partial charge >= 0.3 is 0 Å². The average molecular weight is 413 g/mol. The van der Waals surface area contributed by atoms with Crippen LogP contribution < -0.4 is 0 Å². The topological polar surface area (TPSA) is 73.7 Å². The molecule has 146 valence electrons. The van der Waals surface area contributed by atoms with Gasteiger partial charge in [0.2, 0.25) is 0 Å². The molecule has 8 heteroatoms. The Hall–Kier alpha value is -2.12. The molecule has 0 aliphatic carbocycles. The lowest BCUT2D eigenvalue weighted by Crippen LogP contribution is -2.03. The third-order valence-electron chi connectivity index (χ3n) is 3.26. The van der Waals surface area contributed by atoms with Crippen LogP contribution in [0.3, 0.4) is 0 Å².